The van der Waals surface area contributed by atoms with Crippen LogP contribution in [0.2, 0.25) is 0 Å². The number of rotatable bonds is 5. The van der Waals surface area contributed by atoms with E-state index in [1.54, 1.807) is 0 Å². The van der Waals surface area contributed by atoms with Gasteiger partial charge < -0.3 is 15.0 Å². The molecule has 0 unspecified atom stereocenters. The van der Waals surface area contributed by atoms with E-state index in [2.05, 4.69) is 5.32 Å². The van der Waals surface area contributed by atoms with E-state index in [0.717, 1.165) is 42.8 Å². The van der Waals surface area contributed by atoms with Gasteiger partial charge in [-0.2, -0.15) is 0 Å². The van der Waals surface area contributed by atoms with Crippen LogP contribution < -0.4 is 10.1 Å². The highest BCUT2D eigenvalue weighted by atomic mass is 35.5. The summed E-state index contributed by atoms with van der Waals surface area (Å²) in [7, 11) is 1.98. The SMILES string of the molecule is CNC1CCN(C(=O)c2ccc(OCc3ccccc3)cc2)CC1.Cl. The molecule has 1 saturated heterocycles. The van der Waals surface area contributed by atoms with Crippen molar-refractivity contribution in [2.75, 3.05) is 20.1 Å². The number of carbonyl (C=O) groups excluding carboxylic acids is 1. The van der Waals surface area contributed by atoms with Crippen LogP contribution in [-0.2, 0) is 6.61 Å². The highest BCUT2D eigenvalue weighted by molar-refractivity contribution is 5.94. The molecule has 1 fully saturated rings. The molecular weight excluding hydrogens is 336 g/mol. The van der Waals surface area contributed by atoms with Gasteiger partial charge in [-0.3, -0.25) is 4.79 Å². The molecular formula is C20H25ClN2O2. The molecule has 2 aromatic rings. The molecule has 0 radical (unpaired) electrons. The van der Waals surface area contributed by atoms with Crippen molar-refractivity contribution in [3.63, 3.8) is 0 Å². The number of halogens is 1. The number of benzene rings is 2. The normalized spacial score (nSPS) is 14.7. The molecule has 134 valence electrons. The molecule has 1 heterocycles. The monoisotopic (exact) mass is 360 g/mol. The van der Waals surface area contributed by atoms with Gasteiger partial charge in [0.2, 0.25) is 0 Å². The first kappa shape index (κ1) is 19.3. The van der Waals surface area contributed by atoms with Gasteiger partial charge in [0.1, 0.15) is 12.4 Å². The third-order valence-electron chi connectivity index (χ3n) is 4.54. The predicted molar refractivity (Wildman–Crippen MR) is 102 cm³/mol. The minimum Gasteiger partial charge on any atom is -0.489 e. The Morgan fingerprint density at radius 2 is 1.72 bits per heavy atom. The second-order valence-electron chi connectivity index (χ2n) is 6.15. The van der Waals surface area contributed by atoms with Gasteiger partial charge in [-0.15, -0.1) is 12.4 Å². The van der Waals surface area contributed by atoms with Crippen molar-refractivity contribution in [3.05, 3.63) is 65.7 Å². The zero-order valence-electron chi connectivity index (χ0n) is 14.5. The molecule has 1 aliphatic rings. The van der Waals surface area contributed by atoms with Gasteiger partial charge in [0, 0.05) is 24.7 Å². The second-order valence-corrected chi connectivity index (χ2v) is 6.15. The van der Waals surface area contributed by atoms with Crippen LogP contribution in [0, 0.1) is 0 Å². The standard InChI is InChI=1S/C20H24N2O2.ClH/c1-21-18-11-13-22(14-12-18)20(23)17-7-9-19(10-8-17)24-15-16-5-3-2-4-6-16;/h2-10,18,21H,11-15H2,1H3;1H. The lowest BCUT2D eigenvalue weighted by atomic mass is 10.0. The Morgan fingerprint density at radius 3 is 2.32 bits per heavy atom. The van der Waals surface area contributed by atoms with E-state index < -0.39 is 0 Å². The summed E-state index contributed by atoms with van der Waals surface area (Å²) in [6, 6.07) is 18.0. The van der Waals surface area contributed by atoms with E-state index in [-0.39, 0.29) is 18.3 Å². The van der Waals surface area contributed by atoms with Crippen molar-refractivity contribution in [1.29, 1.82) is 0 Å². The molecule has 3 rings (SSSR count). The van der Waals surface area contributed by atoms with Gasteiger partial charge in [0.15, 0.2) is 0 Å². The van der Waals surface area contributed by atoms with E-state index in [4.69, 9.17) is 4.74 Å². The minimum absolute atomic E-state index is 0. The van der Waals surface area contributed by atoms with Crippen molar-refractivity contribution in [3.8, 4) is 5.75 Å². The van der Waals surface area contributed by atoms with E-state index in [1.807, 2.05) is 66.5 Å². The summed E-state index contributed by atoms with van der Waals surface area (Å²) in [5.74, 6) is 0.892. The maximum Gasteiger partial charge on any atom is 0.253 e. The molecule has 0 aliphatic carbocycles. The molecule has 1 amide bonds. The lowest BCUT2D eigenvalue weighted by Gasteiger charge is -2.31. The second kappa shape index (κ2) is 9.44. The smallest absolute Gasteiger partial charge is 0.253 e. The fourth-order valence-corrected chi connectivity index (χ4v) is 2.99. The molecule has 4 nitrogen and oxygen atoms in total. The van der Waals surface area contributed by atoms with Crippen LogP contribution in [-0.4, -0.2) is 37.0 Å². The Kier molecular flexibility index (Phi) is 7.29. The highest BCUT2D eigenvalue weighted by Gasteiger charge is 2.22. The van der Waals surface area contributed by atoms with Crippen LogP contribution in [0.25, 0.3) is 0 Å². The van der Waals surface area contributed by atoms with Crippen LogP contribution >= 0.6 is 12.4 Å². The fourth-order valence-electron chi connectivity index (χ4n) is 2.99. The Bertz CT molecular complexity index is 653. The molecule has 0 saturated carbocycles. The number of hydrogen-bond donors (Lipinski definition) is 1. The topological polar surface area (TPSA) is 41.6 Å². The van der Waals surface area contributed by atoms with Crippen LogP contribution in [0.4, 0.5) is 0 Å². The van der Waals surface area contributed by atoms with Crippen molar-refractivity contribution in [1.82, 2.24) is 10.2 Å². The number of likely N-dealkylation sites (tertiary alicyclic amines) is 1. The Labute approximate surface area is 155 Å². The highest BCUT2D eigenvalue weighted by Crippen LogP contribution is 2.18. The first-order chi connectivity index (χ1) is 11.8. The van der Waals surface area contributed by atoms with Crippen molar-refractivity contribution >= 4 is 18.3 Å². The number of ether oxygens (including phenoxy) is 1. The Balaban J connectivity index is 0.00000225. The number of amides is 1. The number of hydrogen-bond acceptors (Lipinski definition) is 3. The lowest BCUT2D eigenvalue weighted by molar-refractivity contribution is 0.0707. The van der Waals surface area contributed by atoms with Gasteiger partial charge in [0.05, 0.1) is 0 Å². The van der Waals surface area contributed by atoms with E-state index in [0.29, 0.717) is 12.6 Å². The minimum atomic E-state index is 0. The summed E-state index contributed by atoms with van der Waals surface area (Å²) in [6.07, 6.45) is 2.03. The Hall–Kier alpha value is -2.04. The average Bonchev–Trinajstić information content (AvgIpc) is 2.67. The van der Waals surface area contributed by atoms with Gasteiger partial charge in [-0.1, -0.05) is 30.3 Å². The fraction of sp³-hybridized carbons (Fsp3) is 0.350. The number of piperidine rings is 1. The first-order valence-electron chi connectivity index (χ1n) is 8.49. The summed E-state index contributed by atoms with van der Waals surface area (Å²) >= 11 is 0. The van der Waals surface area contributed by atoms with Crippen molar-refractivity contribution in [2.45, 2.75) is 25.5 Å². The van der Waals surface area contributed by atoms with Gasteiger partial charge in [-0.25, -0.2) is 0 Å². The van der Waals surface area contributed by atoms with E-state index in [9.17, 15) is 4.79 Å². The van der Waals surface area contributed by atoms with Crippen molar-refractivity contribution in [2.24, 2.45) is 0 Å². The predicted octanol–water partition coefficient (Wildman–Crippen LogP) is 3.51. The van der Waals surface area contributed by atoms with Crippen molar-refractivity contribution < 1.29 is 9.53 Å². The molecule has 2 aromatic carbocycles. The number of nitrogens with one attached hydrogen (secondary N) is 1. The quantitative estimate of drug-likeness (QED) is 0.887. The molecule has 25 heavy (non-hydrogen) atoms. The molecule has 0 aromatic heterocycles. The molecule has 1 N–H and O–H groups in total. The number of carbonyl (C=O) groups is 1. The third-order valence-corrected chi connectivity index (χ3v) is 4.54. The lowest BCUT2D eigenvalue weighted by Crippen LogP contribution is -2.43. The summed E-state index contributed by atoms with van der Waals surface area (Å²) in [5, 5.41) is 3.28. The molecule has 0 atom stereocenters. The Morgan fingerprint density at radius 1 is 1.08 bits per heavy atom. The van der Waals surface area contributed by atoms with Gasteiger partial charge in [-0.05, 0) is 49.7 Å². The van der Waals surface area contributed by atoms with E-state index in [1.165, 1.54) is 0 Å². The summed E-state index contributed by atoms with van der Waals surface area (Å²) in [4.78, 5) is 14.5. The maximum atomic E-state index is 12.6. The zero-order valence-corrected chi connectivity index (χ0v) is 15.3. The summed E-state index contributed by atoms with van der Waals surface area (Å²) in [5.41, 5.74) is 1.86. The first-order valence-corrected chi connectivity index (χ1v) is 8.49. The zero-order chi connectivity index (χ0) is 16.8. The van der Waals surface area contributed by atoms with Crippen LogP contribution in [0.15, 0.2) is 54.6 Å². The van der Waals surface area contributed by atoms with Crippen LogP contribution in [0.5, 0.6) is 5.75 Å². The van der Waals surface area contributed by atoms with Gasteiger partial charge in [0.25, 0.3) is 5.91 Å². The molecule has 0 bridgehead atoms. The molecule has 1 aliphatic heterocycles. The summed E-state index contributed by atoms with van der Waals surface area (Å²) < 4.78 is 5.77. The maximum absolute atomic E-state index is 12.6. The third kappa shape index (κ3) is 5.21. The summed E-state index contributed by atoms with van der Waals surface area (Å²) in [6.45, 7) is 2.17. The van der Waals surface area contributed by atoms with Crippen LogP contribution in [0.3, 0.4) is 0 Å². The van der Waals surface area contributed by atoms with Gasteiger partial charge >= 0.3 is 0 Å². The molecule has 0 spiro atoms. The molecule has 5 heteroatoms. The van der Waals surface area contributed by atoms with Crippen LogP contribution in [0.1, 0.15) is 28.8 Å². The largest absolute Gasteiger partial charge is 0.489 e. The van der Waals surface area contributed by atoms with E-state index >= 15 is 0 Å². The number of nitrogens with zero attached hydrogens (tertiary/aromatic N) is 1. The average molecular weight is 361 g/mol.